The zero-order valence-corrected chi connectivity index (χ0v) is 20.1. The van der Waals surface area contributed by atoms with Crippen molar-refractivity contribution in [2.75, 3.05) is 18.0 Å². The summed E-state index contributed by atoms with van der Waals surface area (Å²) in [6.07, 6.45) is 5.35. The maximum atomic E-state index is 12.5. The Balaban J connectivity index is 1.50. The number of carbonyl (C=O) groups is 1. The number of fused-ring (bicyclic) bond motifs is 1. The Morgan fingerprint density at radius 1 is 1.06 bits per heavy atom. The van der Waals surface area contributed by atoms with Gasteiger partial charge in [-0.25, -0.2) is 14.3 Å². The Bertz CT molecular complexity index is 1080. The van der Waals surface area contributed by atoms with Gasteiger partial charge in [-0.1, -0.05) is 12.1 Å². The molecule has 1 amide bonds. The van der Waals surface area contributed by atoms with Crippen LogP contribution in [0.5, 0.6) is 0 Å². The van der Waals surface area contributed by atoms with Gasteiger partial charge in [-0.05, 0) is 68.2 Å². The van der Waals surface area contributed by atoms with Crippen LogP contribution in [0.1, 0.15) is 34.6 Å². The standard InChI is InChI=1S/C23H28BrN5O2/c1-15-12-27(22(30)31-23(3,4)5)13-16(2)29(15)19-8-6-17(7-9-19)18-10-25-21-20(24)11-26-28(21)14-18/h6-11,14-16H,12-13H2,1-5H3/t15-,16+. The molecule has 0 saturated carbocycles. The van der Waals surface area contributed by atoms with Crippen LogP contribution in [0.4, 0.5) is 10.5 Å². The van der Waals surface area contributed by atoms with Crippen LogP contribution in [-0.2, 0) is 4.74 Å². The molecule has 3 heterocycles. The highest BCUT2D eigenvalue weighted by Gasteiger charge is 2.34. The van der Waals surface area contributed by atoms with Gasteiger partial charge in [0.15, 0.2) is 5.65 Å². The molecule has 4 rings (SSSR count). The number of aromatic nitrogens is 3. The predicted octanol–water partition coefficient (Wildman–Crippen LogP) is 4.99. The highest BCUT2D eigenvalue weighted by Crippen LogP contribution is 2.29. The van der Waals surface area contributed by atoms with Gasteiger partial charge in [-0.3, -0.25) is 0 Å². The fourth-order valence-corrected chi connectivity index (χ4v) is 4.50. The van der Waals surface area contributed by atoms with Crippen molar-refractivity contribution in [2.45, 2.75) is 52.3 Å². The van der Waals surface area contributed by atoms with Crippen molar-refractivity contribution in [3.63, 3.8) is 0 Å². The zero-order chi connectivity index (χ0) is 22.3. The summed E-state index contributed by atoms with van der Waals surface area (Å²) in [5, 5.41) is 4.32. The predicted molar refractivity (Wildman–Crippen MR) is 125 cm³/mol. The lowest BCUT2D eigenvalue weighted by Crippen LogP contribution is -2.58. The van der Waals surface area contributed by atoms with Crippen molar-refractivity contribution in [1.82, 2.24) is 19.5 Å². The number of ether oxygens (including phenoxy) is 1. The number of anilines is 1. The van der Waals surface area contributed by atoms with Crippen LogP contribution in [0.15, 0.2) is 47.3 Å². The van der Waals surface area contributed by atoms with E-state index in [9.17, 15) is 4.79 Å². The first-order chi connectivity index (χ1) is 14.6. The first-order valence-electron chi connectivity index (χ1n) is 10.5. The van der Waals surface area contributed by atoms with E-state index in [0.29, 0.717) is 13.1 Å². The normalized spacial score (nSPS) is 19.7. The van der Waals surface area contributed by atoms with Gasteiger partial charge in [-0.2, -0.15) is 5.10 Å². The quantitative estimate of drug-likeness (QED) is 0.511. The third kappa shape index (κ3) is 4.54. The summed E-state index contributed by atoms with van der Waals surface area (Å²) in [7, 11) is 0. The van der Waals surface area contributed by atoms with Crippen molar-refractivity contribution in [3.8, 4) is 11.1 Å². The topological polar surface area (TPSA) is 63.0 Å². The zero-order valence-electron chi connectivity index (χ0n) is 18.5. The van der Waals surface area contributed by atoms with Gasteiger partial charge in [0.2, 0.25) is 0 Å². The lowest BCUT2D eigenvalue weighted by atomic mass is 10.0. The Kier molecular flexibility index (Phi) is 5.68. The van der Waals surface area contributed by atoms with E-state index in [1.54, 1.807) is 10.7 Å². The van der Waals surface area contributed by atoms with E-state index in [2.05, 4.69) is 69.0 Å². The molecule has 164 valence electrons. The molecule has 1 aliphatic heterocycles. The maximum absolute atomic E-state index is 12.5. The molecule has 0 bridgehead atoms. The summed E-state index contributed by atoms with van der Waals surface area (Å²) in [5.74, 6) is 0. The fourth-order valence-electron chi connectivity index (χ4n) is 4.13. The third-order valence-corrected chi connectivity index (χ3v) is 5.94. The number of halogens is 1. The Hall–Kier alpha value is -2.61. The van der Waals surface area contributed by atoms with Gasteiger partial charge in [0, 0.05) is 48.8 Å². The maximum Gasteiger partial charge on any atom is 0.410 e. The molecule has 0 spiro atoms. The largest absolute Gasteiger partial charge is 0.444 e. The summed E-state index contributed by atoms with van der Waals surface area (Å²) in [6.45, 7) is 11.3. The molecule has 2 aromatic heterocycles. The first kappa shape index (κ1) is 21.6. The monoisotopic (exact) mass is 485 g/mol. The number of nitrogens with zero attached hydrogens (tertiary/aromatic N) is 5. The number of benzene rings is 1. The van der Waals surface area contributed by atoms with Gasteiger partial charge in [-0.15, -0.1) is 0 Å². The number of amides is 1. The Labute approximate surface area is 191 Å². The van der Waals surface area contributed by atoms with Crippen molar-refractivity contribution in [3.05, 3.63) is 47.3 Å². The van der Waals surface area contributed by atoms with E-state index >= 15 is 0 Å². The minimum Gasteiger partial charge on any atom is -0.444 e. The van der Waals surface area contributed by atoms with Gasteiger partial charge >= 0.3 is 6.09 Å². The Morgan fingerprint density at radius 2 is 1.71 bits per heavy atom. The van der Waals surface area contributed by atoms with Crippen LogP contribution < -0.4 is 4.90 Å². The van der Waals surface area contributed by atoms with E-state index in [-0.39, 0.29) is 18.2 Å². The van der Waals surface area contributed by atoms with Crippen LogP contribution in [0, 0.1) is 0 Å². The van der Waals surface area contributed by atoms with Crippen LogP contribution in [0.3, 0.4) is 0 Å². The SMILES string of the molecule is C[C@@H]1CN(C(=O)OC(C)(C)C)C[C@H](C)N1c1ccc(-c2cnc3c(Br)cnn3c2)cc1. The van der Waals surface area contributed by atoms with Crippen molar-refractivity contribution >= 4 is 33.4 Å². The van der Waals surface area contributed by atoms with Crippen LogP contribution >= 0.6 is 15.9 Å². The summed E-state index contributed by atoms with van der Waals surface area (Å²) >= 11 is 3.46. The van der Waals surface area contributed by atoms with Crippen molar-refractivity contribution < 1.29 is 9.53 Å². The molecule has 7 nitrogen and oxygen atoms in total. The lowest BCUT2D eigenvalue weighted by molar-refractivity contribution is 0.0193. The molecule has 8 heteroatoms. The number of rotatable bonds is 2. The van der Waals surface area contributed by atoms with Crippen molar-refractivity contribution in [1.29, 1.82) is 0 Å². The first-order valence-corrected chi connectivity index (χ1v) is 11.3. The molecule has 0 N–H and O–H groups in total. The number of hydrogen-bond acceptors (Lipinski definition) is 5. The Morgan fingerprint density at radius 3 is 2.32 bits per heavy atom. The molecular formula is C23H28BrN5O2. The lowest BCUT2D eigenvalue weighted by Gasteiger charge is -2.45. The average Bonchev–Trinajstić information content (AvgIpc) is 3.07. The summed E-state index contributed by atoms with van der Waals surface area (Å²) in [5.41, 5.74) is 3.54. The van der Waals surface area contributed by atoms with Gasteiger partial charge < -0.3 is 14.5 Å². The van der Waals surface area contributed by atoms with E-state index in [4.69, 9.17) is 4.74 Å². The molecule has 0 radical (unpaired) electrons. The molecule has 0 unspecified atom stereocenters. The number of hydrogen-bond donors (Lipinski definition) is 0. The molecule has 0 aliphatic carbocycles. The molecule has 1 aromatic carbocycles. The van der Waals surface area contributed by atoms with E-state index in [1.807, 2.05) is 38.1 Å². The molecular weight excluding hydrogens is 458 g/mol. The minimum atomic E-state index is -0.485. The molecule has 2 atom stereocenters. The van der Waals surface area contributed by atoms with E-state index in [0.717, 1.165) is 26.9 Å². The molecule has 31 heavy (non-hydrogen) atoms. The smallest absolute Gasteiger partial charge is 0.410 e. The second-order valence-electron chi connectivity index (χ2n) is 9.14. The van der Waals surface area contributed by atoms with E-state index in [1.165, 1.54) is 0 Å². The number of carbonyl (C=O) groups excluding carboxylic acids is 1. The third-order valence-electron chi connectivity index (χ3n) is 5.38. The van der Waals surface area contributed by atoms with Crippen LogP contribution in [-0.4, -0.2) is 56.4 Å². The number of piperazine rings is 1. The molecule has 3 aromatic rings. The summed E-state index contributed by atoms with van der Waals surface area (Å²) < 4.78 is 8.21. The second kappa shape index (κ2) is 8.15. The van der Waals surface area contributed by atoms with Crippen LogP contribution in [0.25, 0.3) is 16.8 Å². The highest BCUT2D eigenvalue weighted by molar-refractivity contribution is 9.10. The summed E-state index contributed by atoms with van der Waals surface area (Å²) in [4.78, 5) is 21.2. The van der Waals surface area contributed by atoms with Gasteiger partial charge in [0.05, 0.1) is 10.7 Å². The summed E-state index contributed by atoms with van der Waals surface area (Å²) in [6, 6.07) is 8.85. The minimum absolute atomic E-state index is 0.182. The molecule has 1 saturated heterocycles. The fraction of sp³-hybridized carbons (Fsp3) is 0.435. The van der Waals surface area contributed by atoms with Gasteiger partial charge in [0.25, 0.3) is 0 Å². The second-order valence-corrected chi connectivity index (χ2v) is 10.00. The van der Waals surface area contributed by atoms with E-state index < -0.39 is 5.60 Å². The van der Waals surface area contributed by atoms with Gasteiger partial charge in [0.1, 0.15) is 5.60 Å². The highest BCUT2D eigenvalue weighted by atomic mass is 79.9. The molecule has 1 aliphatic rings. The average molecular weight is 486 g/mol. The van der Waals surface area contributed by atoms with Crippen molar-refractivity contribution in [2.24, 2.45) is 0 Å². The van der Waals surface area contributed by atoms with Crippen LogP contribution in [0.2, 0.25) is 0 Å². The molecule has 1 fully saturated rings.